The zero-order valence-corrected chi connectivity index (χ0v) is 10.6. The van der Waals surface area contributed by atoms with Gasteiger partial charge in [-0.2, -0.15) is 0 Å². The fraction of sp³-hybridized carbons (Fsp3) is 0.357. The van der Waals surface area contributed by atoms with Crippen molar-refractivity contribution in [3.63, 3.8) is 0 Å². The fourth-order valence-corrected chi connectivity index (χ4v) is 2.40. The highest BCUT2D eigenvalue weighted by Crippen LogP contribution is 2.20. The molecular formula is C14H16FN3O. The highest BCUT2D eigenvalue weighted by atomic mass is 19.1. The Morgan fingerprint density at radius 1 is 1.16 bits per heavy atom. The molecule has 0 bridgehead atoms. The third-order valence-electron chi connectivity index (χ3n) is 3.43. The van der Waals surface area contributed by atoms with E-state index in [-0.39, 0.29) is 5.82 Å². The van der Waals surface area contributed by atoms with Gasteiger partial charge < -0.3 is 9.32 Å². The lowest BCUT2D eigenvalue weighted by molar-refractivity contribution is 0.246. The number of hydrogen-bond donors (Lipinski definition) is 0. The summed E-state index contributed by atoms with van der Waals surface area (Å²) in [5, 5.41) is 0. The number of aromatic nitrogens is 1. The van der Waals surface area contributed by atoms with Crippen LogP contribution in [0.3, 0.4) is 0 Å². The Morgan fingerprint density at radius 3 is 2.63 bits per heavy atom. The Morgan fingerprint density at radius 2 is 1.95 bits per heavy atom. The number of halogens is 1. The summed E-state index contributed by atoms with van der Waals surface area (Å²) in [6, 6.07) is 6.94. The largest absolute Gasteiger partial charge is 0.451 e. The number of hydrogen-bond acceptors (Lipinski definition) is 4. The molecule has 2 aromatic rings. The molecule has 0 spiro atoms. The highest BCUT2D eigenvalue weighted by Gasteiger charge is 2.19. The molecule has 3 rings (SSSR count). The molecule has 1 fully saturated rings. The number of oxazole rings is 1. The number of rotatable bonds is 3. The first-order chi connectivity index (χ1) is 9.33. The van der Waals surface area contributed by atoms with E-state index in [1.807, 2.05) is 12.1 Å². The van der Waals surface area contributed by atoms with E-state index < -0.39 is 0 Å². The molecular weight excluding hydrogens is 245 g/mol. The van der Waals surface area contributed by atoms with Crippen molar-refractivity contribution in [2.24, 2.45) is 0 Å². The summed E-state index contributed by atoms with van der Waals surface area (Å²) in [5.74, 6) is -0.146. The van der Waals surface area contributed by atoms with Crippen LogP contribution in [0.25, 0.3) is 0 Å². The van der Waals surface area contributed by atoms with Gasteiger partial charge in [0.25, 0.3) is 0 Å². The second kappa shape index (κ2) is 5.40. The van der Waals surface area contributed by atoms with Crippen LogP contribution in [0, 0.1) is 5.82 Å². The van der Waals surface area contributed by atoms with Crippen molar-refractivity contribution in [2.45, 2.75) is 6.54 Å². The van der Waals surface area contributed by atoms with Crippen molar-refractivity contribution >= 4 is 5.69 Å². The molecule has 0 atom stereocenters. The van der Waals surface area contributed by atoms with Crippen LogP contribution < -0.4 is 4.90 Å². The minimum absolute atomic E-state index is 0.146. The molecule has 0 radical (unpaired) electrons. The Kier molecular flexibility index (Phi) is 3.46. The van der Waals surface area contributed by atoms with Gasteiger partial charge in [-0.3, -0.25) is 4.90 Å². The van der Waals surface area contributed by atoms with E-state index >= 15 is 0 Å². The summed E-state index contributed by atoms with van der Waals surface area (Å²) < 4.78 is 18.7. The van der Waals surface area contributed by atoms with Gasteiger partial charge >= 0.3 is 0 Å². The van der Waals surface area contributed by atoms with Crippen LogP contribution in [-0.2, 0) is 6.54 Å². The molecule has 5 heteroatoms. The topological polar surface area (TPSA) is 32.5 Å². The molecule has 4 nitrogen and oxygen atoms in total. The van der Waals surface area contributed by atoms with Gasteiger partial charge in [0.1, 0.15) is 12.1 Å². The van der Waals surface area contributed by atoms with Crippen LogP contribution >= 0.6 is 0 Å². The lowest BCUT2D eigenvalue weighted by Crippen LogP contribution is -2.46. The quantitative estimate of drug-likeness (QED) is 0.847. The van der Waals surface area contributed by atoms with Crippen LogP contribution in [0.5, 0.6) is 0 Å². The minimum atomic E-state index is -0.146. The minimum Gasteiger partial charge on any atom is -0.451 e. The summed E-state index contributed by atoms with van der Waals surface area (Å²) in [6.07, 6.45) is 3.12. The zero-order chi connectivity index (χ0) is 13.1. The molecule has 1 saturated heterocycles. The second-order valence-corrected chi connectivity index (χ2v) is 4.69. The lowest BCUT2D eigenvalue weighted by Gasteiger charge is -2.35. The van der Waals surface area contributed by atoms with E-state index in [4.69, 9.17) is 4.42 Å². The van der Waals surface area contributed by atoms with Crippen molar-refractivity contribution in [3.8, 4) is 0 Å². The smallest absolute Gasteiger partial charge is 0.180 e. The molecule has 19 heavy (non-hydrogen) atoms. The first-order valence-electron chi connectivity index (χ1n) is 6.42. The maximum atomic E-state index is 13.7. The Balaban J connectivity index is 1.59. The third-order valence-corrected chi connectivity index (χ3v) is 3.43. The first kappa shape index (κ1) is 12.2. The second-order valence-electron chi connectivity index (χ2n) is 4.69. The van der Waals surface area contributed by atoms with Gasteiger partial charge in [0, 0.05) is 32.7 Å². The number of benzene rings is 1. The molecule has 1 aliphatic rings. The normalized spacial score (nSPS) is 16.8. The van der Waals surface area contributed by atoms with Gasteiger partial charge in [0.05, 0.1) is 11.4 Å². The lowest BCUT2D eigenvalue weighted by atomic mass is 10.2. The Labute approximate surface area is 111 Å². The number of para-hydroxylation sites is 1. The van der Waals surface area contributed by atoms with Gasteiger partial charge in [-0.05, 0) is 12.1 Å². The molecule has 0 amide bonds. The van der Waals surface area contributed by atoms with E-state index in [2.05, 4.69) is 14.8 Å². The van der Waals surface area contributed by atoms with Gasteiger partial charge in [-0.1, -0.05) is 12.1 Å². The highest BCUT2D eigenvalue weighted by molar-refractivity contribution is 5.47. The van der Waals surface area contributed by atoms with E-state index in [1.54, 1.807) is 12.3 Å². The monoisotopic (exact) mass is 261 g/mol. The van der Waals surface area contributed by atoms with Crippen LogP contribution in [0.1, 0.15) is 5.69 Å². The van der Waals surface area contributed by atoms with Gasteiger partial charge in [0.2, 0.25) is 0 Å². The SMILES string of the molecule is Fc1ccccc1N1CCN(Cc2cocn2)CC1. The third kappa shape index (κ3) is 2.76. The summed E-state index contributed by atoms with van der Waals surface area (Å²) in [7, 11) is 0. The predicted molar refractivity (Wildman–Crippen MR) is 70.4 cm³/mol. The van der Waals surface area contributed by atoms with E-state index in [0.717, 1.165) is 38.4 Å². The molecule has 0 N–H and O–H groups in total. The van der Waals surface area contributed by atoms with E-state index in [9.17, 15) is 4.39 Å². The molecule has 100 valence electrons. The number of anilines is 1. The zero-order valence-electron chi connectivity index (χ0n) is 10.6. The summed E-state index contributed by atoms with van der Waals surface area (Å²) in [4.78, 5) is 8.51. The Hall–Kier alpha value is -1.88. The maximum Gasteiger partial charge on any atom is 0.180 e. The molecule has 1 aliphatic heterocycles. The van der Waals surface area contributed by atoms with Gasteiger partial charge in [0.15, 0.2) is 6.39 Å². The van der Waals surface area contributed by atoms with Crippen molar-refractivity contribution in [3.05, 3.63) is 48.4 Å². The van der Waals surface area contributed by atoms with Crippen LogP contribution in [0.15, 0.2) is 41.3 Å². The predicted octanol–water partition coefficient (Wildman–Crippen LogP) is 2.14. The van der Waals surface area contributed by atoms with E-state index in [1.165, 1.54) is 12.5 Å². The first-order valence-corrected chi connectivity index (χ1v) is 6.42. The van der Waals surface area contributed by atoms with Gasteiger partial charge in [-0.15, -0.1) is 0 Å². The standard InChI is InChI=1S/C14H16FN3O/c15-13-3-1-2-4-14(13)18-7-5-17(6-8-18)9-12-10-19-11-16-12/h1-4,10-11H,5-9H2. The summed E-state index contributed by atoms with van der Waals surface area (Å²) in [6.45, 7) is 4.27. The van der Waals surface area contributed by atoms with Crippen LogP contribution in [-0.4, -0.2) is 36.1 Å². The number of nitrogens with zero attached hydrogens (tertiary/aromatic N) is 3. The van der Waals surface area contributed by atoms with Crippen molar-refractivity contribution in [2.75, 3.05) is 31.1 Å². The molecule has 1 aromatic heterocycles. The molecule has 0 aliphatic carbocycles. The Bertz CT molecular complexity index is 521. The molecule has 1 aromatic carbocycles. The summed E-state index contributed by atoms with van der Waals surface area (Å²) >= 11 is 0. The molecule has 0 saturated carbocycles. The van der Waals surface area contributed by atoms with Gasteiger partial charge in [-0.25, -0.2) is 9.37 Å². The summed E-state index contributed by atoms with van der Waals surface area (Å²) in [5.41, 5.74) is 1.64. The molecule has 0 unspecified atom stereocenters. The number of piperazine rings is 1. The fourth-order valence-electron chi connectivity index (χ4n) is 2.40. The van der Waals surface area contributed by atoms with Crippen molar-refractivity contribution < 1.29 is 8.81 Å². The van der Waals surface area contributed by atoms with Crippen LogP contribution in [0.4, 0.5) is 10.1 Å². The van der Waals surface area contributed by atoms with Crippen molar-refractivity contribution in [1.29, 1.82) is 0 Å². The average molecular weight is 261 g/mol. The average Bonchev–Trinajstić information content (AvgIpc) is 2.93. The van der Waals surface area contributed by atoms with Crippen LogP contribution in [0.2, 0.25) is 0 Å². The van der Waals surface area contributed by atoms with E-state index in [0.29, 0.717) is 5.69 Å². The maximum absolute atomic E-state index is 13.7. The molecule has 2 heterocycles. The van der Waals surface area contributed by atoms with Crippen molar-refractivity contribution in [1.82, 2.24) is 9.88 Å².